The molecule has 0 N–H and O–H groups in total. The third kappa shape index (κ3) is 50.4. The van der Waals surface area contributed by atoms with E-state index in [2.05, 4.69) is 42.1 Å². The summed E-state index contributed by atoms with van der Waals surface area (Å²) in [6.07, 6.45) is 12.5. The van der Waals surface area contributed by atoms with Gasteiger partial charge in [0.2, 0.25) is 0 Å². The number of aryl methyl sites for hydroxylation is 1. The Hall–Kier alpha value is 2.61. The van der Waals surface area contributed by atoms with Crippen molar-refractivity contribution in [1.29, 1.82) is 0 Å². The van der Waals surface area contributed by atoms with Crippen molar-refractivity contribution in [3.05, 3.63) is 30.6 Å². The van der Waals surface area contributed by atoms with E-state index in [0.29, 0.717) is 0 Å². The first kappa shape index (κ1) is 33.3. The van der Waals surface area contributed by atoms with Gasteiger partial charge in [0, 0.05) is 18.6 Å². The minimum absolute atomic E-state index is 1.17. The SMILES string of the molecule is CCCCCCCC[n+]1ccccc1.O=P.[Cl][Fe-]([Cl])([Cl])[Cl].[Cl][Fe]([Cl])([Cl])[Cl]. The number of halogens is 8. The monoisotopic (exact) mass is 632 g/mol. The zero-order valence-electron chi connectivity index (χ0n) is 13.9. The molecule has 0 bridgehead atoms. The van der Waals surface area contributed by atoms with E-state index < -0.39 is 18.4 Å². The molecule has 0 saturated heterocycles. The Kier molecular flexibility index (Phi) is 28.5. The maximum absolute atomic E-state index is 8.06. The van der Waals surface area contributed by atoms with Gasteiger partial charge in [0.1, 0.15) is 15.7 Å². The molecular weight excluding hydrogens is 612 g/mol. The summed E-state index contributed by atoms with van der Waals surface area (Å²) in [6.45, 7) is 3.44. The summed E-state index contributed by atoms with van der Waals surface area (Å²) in [5.41, 5.74) is 0. The second-order valence-corrected chi connectivity index (χ2v) is 26.4. The van der Waals surface area contributed by atoms with Gasteiger partial charge in [-0.15, -0.1) is 0 Å². The first-order chi connectivity index (χ1) is 11.9. The topological polar surface area (TPSA) is 20.9 Å². The van der Waals surface area contributed by atoms with Crippen LogP contribution in [0.15, 0.2) is 30.6 Å². The van der Waals surface area contributed by atoms with E-state index in [9.17, 15) is 0 Å². The van der Waals surface area contributed by atoms with Gasteiger partial charge in [0.25, 0.3) is 0 Å². The molecule has 0 atom stereocenters. The zero-order chi connectivity index (χ0) is 21.1. The van der Waals surface area contributed by atoms with Crippen molar-refractivity contribution in [3.63, 3.8) is 0 Å². The molecule has 1 heterocycles. The van der Waals surface area contributed by atoms with Crippen molar-refractivity contribution in [2.24, 2.45) is 0 Å². The van der Waals surface area contributed by atoms with Gasteiger partial charge in [-0.05, 0) is 6.42 Å². The van der Waals surface area contributed by atoms with Gasteiger partial charge in [0.15, 0.2) is 12.4 Å². The van der Waals surface area contributed by atoms with Gasteiger partial charge in [-0.1, -0.05) is 38.7 Å². The normalized spacial score (nSPS) is 11.6. The van der Waals surface area contributed by atoms with Crippen LogP contribution in [0.3, 0.4) is 0 Å². The van der Waals surface area contributed by atoms with Crippen molar-refractivity contribution in [3.8, 4) is 0 Å². The fraction of sp³-hybridized carbons (Fsp3) is 0.615. The summed E-state index contributed by atoms with van der Waals surface area (Å²) in [7, 11) is 36.1. The van der Waals surface area contributed by atoms with Crippen LogP contribution in [0.1, 0.15) is 45.4 Å². The van der Waals surface area contributed by atoms with Crippen LogP contribution >= 0.6 is 89.9 Å². The number of nitrogens with zero attached hydrogens (tertiary/aromatic N) is 1. The van der Waals surface area contributed by atoms with Gasteiger partial charge < -0.3 is 0 Å². The molecule has 0 aromatic carbocycles. The summed E-state index contributed by atoms with van der Waals surface area (Å²) >= 11 is 0. The molecule has 0 aliphatic rings. The Bertz CT molecular complexity index is 385. The first-order valence-electron chi connectivity index (χ1n) is 7.15. The molecule has 0 amide bonds. The van der Waals surface area contributed by atoms with Crippen LogP contribution in [0.25, 0.3) is 0 Å². The van der Waals surface area contributed by atoms with E-state index >= 15 is 0 Å². The number of aromatic nitrogens is 1. The van der Waals surface area contributed by atoms with Crippen molar-refractivity contribution in [2.45, 2.75) is 52.0 Å². The fourth-order valence-electron chi connectivity index (χ4n) is 1.66. The van der Waals surface area contributed by atoms with Crippen LogP contribution < -0.4 is 4.57 Å². The number of unbranched alkanes of at least 4 members (excludes halogenated alkanes) is 5. The number of pyridine rings is 1. The van der Waals surface area contributed by atoms with E-state index in [-0.39, 0.29) is 0 Å². The molecule has 1 rings (SSSR count). The van der Waals surface area contributed by atoms with Gasteiger partial charge in [-0.2, -0.15) is 0 Å². The number of hydrogen-bond donors (Lipinski definition) is 0. The Morgan fingerprint density at radius 3 is 1.54 bits per heavy atom. The standard InChI is InChI=1S/C13H22N.8ClH.2Fe.HOP/c1-2-3-4-5-6-8-11-14-12-9-7-10-13-14;;;;;;;;;;;1-2/h7,9-10,12-13H,2-6,8,11H2,1H3;8*1H;;;2H/q+1;;;;;;;;;+3;+4;/p-8. The Balaban J connectivity index is -0.000000366. The Morgan fingerprint density at radius 2 is 1.15 bits per heavy atom. The second kappa shape index (κ2) is 22.3. The van der Waals surface area contributed by atoms with Crippen molar-refractivity contribution < 1.29 is 27.5 Å². The van der Waals surface area contributed by atoms with E-state index in [4.69, 9.17) is 85.3 Å². The number of hydrogen-bond acceptors (Lipinski definition) is 1. The third-order valence-corrected chi connectivity index (χ3v) is 2.55. The minimum atomic E-state index is -2.61. The van der Waals surface area contributed by atoms with E-state index in [1.54, 1.807) is 9.12 Å². The maximum atomic E-state index is 8.06. The van der Waals surface area contributed by atoms with Crippen LogP contribution in [0, 0.1) is 0 Å². The summed E-state index contributed by atoms with van der Waals surface area (Å²) in [5, 5.41) is 0. The molecule has 0 unspecified atom stereocenters. The predicted molar refractivity (Wildman–Crippen MR) is 116 cm³/mol. The van der Waals surface area contributed by atoms with Gasteiger partial charge in [-0.25, -0.2) is 4.57 Å². The van der Waals surface area contributed by atoms with Crippen LogP contribution in [-0.4, -0.2) is 0 Å². The van der Waals surface area contributed by atoms with Crippen LogP contribution in [0.2, 0.25) is 0 Å². The van der Waals surface area contributed by atoms with Gasteiger partial charge >= 0.3 is 99.2 Å². The summed E-state index contributed by atoms with van der Waals surface area (Å²) in [6, 6.07) is 6.26. The molecule has 0 saturated carbocycles. The average molecular weight is 636 g/mol. The summed E-state index contributed by atoms with van der Waals surface area (Å²) in [4.78, 5) is 0. The Labute approximate surface area is 198 Å². The van der Waals surface area contributed by atoms with E-state index in [1.807, 2.05) is 0 Å². The molecule has 163 valence electrons. The van der Waals surface area contributed by atoms with E-state index in [1.165, 1.54) is 45.1 Å². The molecule has 26 heavy (non-hydrogen) atoms. The fourth-order valence-corrected chi connectivity index (χ4v) is 1.66. The predicted octanol–water partition coefficient (Wildman–Crippen LogP) is 9.32. The molecule has 0 radical (unpaired) electrons. The van der Waals surface area contributed by atoms with Crippen LogP contribution in [-0.2, 0) is 29.5 Å². The van der Waals surface area contributed by atoms with Crippen LogP contribution in [0.5, 0.6) is 0 Å². The molecule has 2 nitrogen and oxygen atoms in total. The molecule has 13 heteroatoms. The molecule has 0 fully saturated rings. The molecular formula is C13H23Cl8Fe2NOP. The average Bonchev–Trinajstić information content (AvgIpc) is 2.51. The summed E-state index contributed by atoms with van der Waals surface area (Å²) in [5.74, 6) is 0. The molecule has 1 aromatic heterocycles. The van der Waals surface area contributed by atoms with E-state index in [0.717, 1.165) is 0 Å². The van der Waals surface area contributed by atoms with Crippen molar-refractivity contribution in [2.75, 3.05) is 0 Å². The second-order valence-electron chi connectivity index (χ2n) is 4.49. The van der Waals surface area contributed by atoms with Crippen LogP contribution in [0.4, 0.5) is 0 Å². The third-order valence-electron chi connectivity index (χ3n) is 2.55. The molecule has 1 aromatic rings. The van der Waals surface area contributed by atoms with Crippen molar-refractivity contribution >= 4 is 89.9 Å². The quantitative estimate of drug-likeness (QED) is 0.127. The van der Waals surface area contributed by atoms with Gasteiger partial charge in [-0.3, -0.25) is 4.57 Å². The number of rotatable bonds is 7. The first-order valence-corrected chi connectivity index (χ1v) is 19.7. The zero-order valence-corrected chi connectivity index (χ0v) is 23.2. The molecule has 0 aliphatic carbocycles. The Morgan fingerprint density at radius 1 is 0.808 bits per heavy atom. The van der Waals surface area contributed by atoms with Crippen molar-refractivity contribution in [1.82, 2.24) is 0 Å². The summed E-state index contributed by atoms with van der Waals surface area (Å²) < 4.78 is 10.3. The molecule has 0 aliphatic heterocycles. The molecule has 0 spiro atoms. The van der Waals surface area contributed by atoms with Gasteiger partial charge in [0.05, 0.1) is 0 Å².